The van der Waals surface area contributed by atoms with Crippen LogP contribution in [0.2, 0.25) is 0 Å². The van der Waals surface area contributed by atoms with Gasteiger partial charge in [0.15, 0.2) is 0 Å². The fourth-order valence-electron chi connectivity index (χ4n) is 3.42. The number of likely N-dealkylation sites (tertiary alicyclic amines) is 1. The minimum Gasteiger partial charge on any atom is -0.480 e. The van der Waals surface area contributed by atoms with Gasteiger partial charge in [0, 0.05) is 0 Å². The van der Waals surface area contributed by atoms with Gasteiger partial charge < -0.3 is 5.11 Å². The largest absolute Gasteiger partial charge is 0.480 e. The van der Waals surface area contributed by atoms with Crippen LogP contribution in [0.5, 0.6) is 0 Å². The molecule has 0 spiro atoms. The average Bonchev–Trinajstić information content (AvgIpc) is 2.85. The number of carbonyl (C=O) groups is 1. The number of hydrogen-bond donors (Lipinski definition) is 1. The van der Waals surface area contributed by atoms with Gasteiger partial charge in [-0.3, -0.25) is 9.69 Å². The van der Waals surface area contributed by atoms with Crippen molar-refractivity contribution in [3.8, 4) is 0 Å². The molecule has 1 aliphatic heterocycles. The van der Waals surface area contributed by atoms with Crippen molar-refractivity contribution >= 4 is 5.97 Å². The van der Waals surface area contributed by atoms with E-state index >= 15 is 0 Å². The van der Waals surface area contributed by atoms with E-state index in [9.17, 15) is 9.90 Å². The van der Waals surface area contributed by atoms with Gasteiger partial charge in [-0.05, 0) is 50.8 Å². The maximum Gasteiger partial charge on any atom is 0.324 e. The number of benzene rings is 1. The minimum absolute atomic E-state index is 0.592. The zero-order valence-electron chi connectivity index (χ0n) is 12.3. The molecule has 0 bridgehead atoms. The molecule has 0 aliphatic carbocycles. The highest BCUT2D eigenvalue weighted by Gasteiger charge is 2.46. The van der Waals surface area contributed by atoms with E-state index in [0.29, 0.717) is 0 Å². The molecule has 1 atom stereocenters. The van der Waals surface area contributed by atoms with Crippen LogP contribution in [0.1, 0.15) is 44.6 Å². The summed E-state index contributed by atoms with van der Waals surface area (Å²) in [4.78, 5) is 13.9. The zero-order valence-corrected chi connectivity index (χ0v) is 12.3. The third-order valence-electron chi connectivity index (χ3n) is 4.42. The first-order valence-corrected chi connectivity index (χ1v) is 7.71. The molecule has 3 nitrogen and oxygen atoms in total. The molecule has 1 aromatic carbocycles. The summed E-state index contributed by atoms with van der Waals surface area (Å²) in [5.74, 6) is -0.628. The highest BCUT2D eigenvalue weighted by Crippen LogP contribution is 2.34. The summed E-state index contributed by atoms with van der Waals surface area (Å²) in [7, 11) is 0. The second kappa shape index (κ2) is 6.89. The predicted octanol–water partition coefficient (Wildman–Crippen LogP) is 3.34. The molecule has 2 rings (SSSR count). The SMILES string of the molecule is CCCC1(C(=O)O)CCCN1CCCc1ccccc1. The minimum atomic E-state index is -0.628. The van der Waals surface area contributed by atoms with E-state index < -0.39 is 11.5 Å². The lowest BCUT2D eigenvalue weighted by Crippen LogP contribution is -2.50. The molecule has 110 valence electrons. The first kappa shape index (κ1) is 15.0. The number of carboxylic acids is 1. The van der Waals surface area contributed by atoms with Gasteiger partial charge in [0.25, 0.3) is 0 Å². The number of rotatable bonds is 7. The highest BCUT2D eigenvalue weighted by molar-refractivity contribution is 5.79. The predicted molar refractivity (Wildman–Crippen MR) is 80.8 cm³/mol. The lowest BCUT2D eigenvalue weighted by molar-refractivity contribution is -0.150. The molecule has 3 heteroatoms. The Hall–Kier alpha value is -1.35. The van der Waals surface area contributed by atoms with E-state index in [1.165, 1.54) is 5.56 Å². The van der Waals surface area contributed by atoms with Crippen molar-refractivity contribution in [2.45, 2.75) is 51.0 Å². The Morgan fingerprint density at radius 1 is 1.35 bits per heavy atom. The van der Waals surface area contributed by atoms with Crippen LogP contribution in [0, 0.1) is 0 Å². The van der Waals surface area contributed by atoms with Crippen LogP contribution in [0.4, 0.5) is 0 Å². The first-order chi connectivity index (χ1) is 9.69. The molecule has 1 unspecified atom stereocenters. The number of hydrogen-bond acceptors (Lipinski definition) is 2. The van der Waals surface area contributed by atoms with Crippen LogP contribution in [0.15, 0.2) is 30.3 Å². The number of nitrogens with zero attached hydrogens (tertiary/aromatic N) is 1. The Kier molecular flexibility index (Phi) is 5.18. The molecule has 1 aromatic rings. The van der Waals surface area contributed by atoms with Crippen molar-refractivity contribution in [3.63, 3.8) is 0 Å². The molecular weight excluding hydrogens is 250 g/mol. The molecule has 1 N–H and O–H groups in total. The lowest BCUT2D eigenvalue weighted by Gasteiger charge is -2.34. The van der Waals surface area contributed by atoms with E-state index in [4.69, 9.17) is 0 Å². The van der Waals surface area contributed by atoms with Crippen molar-refractivity contribution in [3.05, 3.63) is 35.9 Å². The summed E-state index contributed by atoms with van der Waals surface area (Å²) in [6.07, 6.45) is 5.58. The summed E-state index contributed by atoms with van der Waals surface area (Å²) in [5.41, 5.74) is 0.744. The Balaban J connectivity index is 1.92. The maximum absolute atomic E-state index is 11.7. The second-order valence-corrected chi connectivity index (χ2v) is 5.77. The number of aryl methyl sites for hydroxylation is 1. The van der Waals surface area contributed by atoms with Gasteiger partial charge in [-0.2, -0.15) is 0 Å². The zero-order chi connectivity index (χ0) is 14.4. The van der Waals surface area contributed by atoms with E-state index in [2.05, 4.69) is 36.1 Å². The molecule has 20 heavy (non-hydrogen) atoms. The molecule has 1 saturated heterocycles. The van der Waals surface area contributed by atoms with Crippen LogP contribution in [0.25, 0.3) is 0 Å². The smallest absolute Gasteiger partial charge is 0.324 e. The Bertz CT molecular complexity index is 432. The molecule has 0 saturated carbocycles. The number of carboxylic acid groups (broad SMARTS) is 1. The maximum atomic E-state index is 11.7. The van der Waals surface area contributed by atoms with Crippen LogP contribution >= 0.6 is 0 Å². The fraction of sp³-hybridized carbons (Fsp3) is 0.588. The molecule has 0 amide bonds. The van der Waals surface area contributed by atoms with Gasteiger partial charge in [-0.25, -0.2) is 0 Å². The van der Waals surface area contributed by atoms with Crippen molar-refractivity contribution in [1.29, 1.82) is 0 Å². The van der Waals surface area contributed by atoms with Crippen molar-refractivity contribution in [2.24, 2.45) is 0 Å². The van der Waals surface area contributed by atoms with Crippen LogP contribution in [-0.4, -0.2) is 34.6 Å². The van der Waals surface area contributed by atoms with Crippen molar-refractivity contribution < 1.29 is 9.90 Å². The van der Waals surface area contributed by atoms with E-state index in [-0.39, 0.29) is 0 Å². The Morgan fingerprint density at radius 3 is 2.75 bits per heavy atom. The highest BCUT2D eigenvalue weighted by atomic mass is 16.4. The third kappa shape index (κ3) is 3.21. The van der Waals surface area contributed by atoms with Gasteiger partial charge in [0.05, 0.1) is 0 Å². The summed E-state index contributed by atoms with van der Waals surface area (Å²) in [6, 6.07) is 10.4. The van der Waals surface area contributed by atoms with Gasteiger partial charge in [-0.15, -0.1) is 0 Å². The molecule has 1 heterocycles. The summed E-state index contributed by atoms with van der Waals surface area (Å²) in [6.45, 7) is 3.90. The van der Waals surface area contributed by atoms with Gasteiger partial charge >= 0.3 is 5.97 Å². The average molecular weight is 275 g/mol. The van der Waals surface area contributed by atoms with E-state index in [1.54, 1.807) is 0 Å². The topological polar surface area (TPSA) is 40.5 Å². The standard InChI is InChI=1S/C17H25NO2/c1-2-11-17(16(19)20)12-7-14-18(17)13-6-10-15-8-4-3-5-9-15/h3-5,8-9H,2,6-7,10-14H2,1H3,(H,19,20). The van der Waals surface area contributed by atoms with E-state index in [0.717, 1.165) is 51.6 Å². The quantitative estimate of drug-likeness (QED) is 0.829. The molecule has 0 aromatic heterocycles. The Morgan fingerprint density at radius 2 is 2.10 bits per heavy atom. The normalized spacial score (nSPS) is 23.1. The van der Waals surface area contributed by atoms with Crippen LogP contribution < -0.4 is 0 Å². The first-order valence-electron chi connectivity index (χ1n) is 7.71. The van der Waals surface area contributed by atoms with Gasteiger partial charge in [-0.1, -0.05) is 43.7 Å². The van der Waals surface area contributed by atoms with Gasteiger partial charge in [0.1, 0.15) is 5.54 Å². The van der Waals surface area contributed by atoms with Crippen molar-refractivity contribution in [1.82, 2.24) is 4.90 Å². The molecule has 1 fully saturated rings. The van der Waals surface area contributed by atoms with Crippen LogP contribution in [0.3, 0.4) is 0 Å². The summed E-state index contributed by atoms with van der Waals surface area (Å²) < 4.78 is 0. The third-order valence-corrected chi connectivity index (χ3v) is 4.42. The fourth-order valence-corrected chi connectivity index (χ4v) is 3.42. The summed E-state index contributed by atoms with van der Waals surface area (Å²) in [5, 5.41) is 9.64. The molecule has 1 aliphatic rings. The monoisotopic (exact) mass is 275 g/mol. The molecule has 0 radical (unpaired) electrons. The molecular formula is C17H25NO2. The van der Waals surface area contributed by atoms with E-state index in [1.807, 2.05) is 6.07 Å². The number of aliphatic carboxylic acids is 1. The van der Waals surface area contributed by atoms with Crippen molar-refractivity contribution in [2.75, 3.05) is 13.1 Å². The van der Waals surface area contributed by atoms with Gasteiger partial charge in [0.2, 0.25) is 0 Å². The second-order valence-electron chi connectivity index (χ2n) is 5.77. The van der Waals surface area contributed by atoms with Crippen LogP contribution in [-0.2, 0) is 11.2 Å². The Labute approximate surface area is 121 Å². The summed E-state index contributed by atoms with van der Waals surface area (Å²) >= 11 is 0. The lowest BCUT2D eigenvalue weighted by atomic mass is 9.90.